The maximum atomic E-state index is 5.08. The van der Waals surface area contributed by atoms with Crippen LogP contribution in [0.3, 0.4) is 0 Å². The highest BCUT2D eigenvalue weighted by molar-refractivity contribution is 5.15. The number of hydrogen-bond donors (Lipinski definition) is 0. The van der Waals surface area contributed by atoms with Crippen LogP contribution in [-0.2, 0) is 0 Å². The van der Waals surface area contributed by atoms with Crippen LogP contribution < -0.4 is 0 Å². The molecule has 0 radical (unpaired) electrons. The van der Waals surface area contributed by atoms with E-state index in [4.69, 9.17) is 12.8 Å². The van der Waals surface area contributed by atoms with Gasteiger partial charge in [0.05, 0.1) is 0 Å². The van der Waals surface area contributed by atoms with Crippen molar-refractivity contribution < 1.29 is 0 Å². The Morgan fingerprint density at radius 2 is 1.78 bits per heavy atom. The summed E-state index contributed by atoms with van der Waals surface area (Å²) in [7, 11) is 0. The van der Waals surface area contributed by atoms with Gasteiger partial charge in [-0.2, -0.15) is 0 Å². The van der Waals surface area contributed by atoms with Gasteiger partial charge in [0.1, 0.15) is 0 Å². The summed E-state index contributed by atoms with van der Waals surface area (Å²) >= 11 is 0. The molecule has 46 valence electrons. The maximum absolute atomic E-state index is 5.08. The molecule has 0 aliphatic carbocycles. The molecular formula is C9H10. The van der Waals surface area contributed by atoms with E-state index in [0.29, 0.717) is 12.8 Å². The predicted molar refractivity (Wildman–Crippen MR) is 40.7 cm³/mol. The van der Waals surface area contributed by atoms with Crippen molar-refractivity contribution in [2.75, 3.05) is 0 Å². The summed E-state index contributed by atoms with van der Waals surface area (Å²) in [5.74, 6) is 5.08. The summed E-state index contributed by atoms with van der Waals surface area (Å²) in [5, 5.41) is 0. The van der Waals surface area contributed by atoms with Gasteiger partial charge in [0.25, 0.3) is 0 Å². The first kappa shape index (κ1) is 7.86. The summed E-state index contributed by atoms with van der Waals surface area (Å²) in [6.07, 6.45) is 13.5. The molecule has 9 heavy (non-hydrogen) atoms. The minimum absolute atomic E-state index is 0.681. The number of terminal acetylenes is 2. The molecule has 0 aromatic carbocycles. The Morgan fingerprint density at radius 3 is 2.00 bits per heavy atom. The number of hydrogen-bond acceptors (Lipinski definition) is 0. The van der Waals surface area contributed by atoms with Crippen LogP contribution in [0.4, 0.5) is 0 Å². The Bertz CT molecular complexity index is 153. The zero-order valence-electron chi connectivity index (χ0n) is 5.65. The SMILES string of the molecule is C#CCC(=CC)CC#C. The highest BCUT2D eigenvalue weighted by Crippen LogP contribution is 2.03. The van der Waals surface area contributed by atoms with E-state index < -0.39 is 0 Å². The highest BCUT2D eigenvalue weighted by atomic mass is 13.9. The normalized spacial score (nSPS) is 7.00. The molecule has 0 heterocycles. The van der Waals surface area contributed by atoms with E-state index >= 15 is 0 Å². The van der Waals surface area contributed by atoms with E-state index in [-0.39, 0.29) is 0 Å². The van der Waals surface area contributed by atoms with E-state index in [1.54, 1.807) is 0 Å². The van der Waals surface area contributed by atoms with E-state index in [1.807, 2.05) is 13.0 Å². The van der Waals surface area contributed by atoms with Gasteiger partial charge in [0, 0.05) is 12.8 Å². The molecule has 0 rings (SSSR count). The minimum Gasteiger partial charge on any atom is -0.120 e. The van der Waals surface area contributed by atoms with Gasteiger partial charge in [-0.05, 0) is 6.92 Å². The van der Waals surface area contributed by atoms with Crippen molar-refractivity contribution in [3.05, 3.63) is 11.6 Å². The fourth-order valence-corrected chi connectivity index (χ4v) is 0.529. The Hall–Kier alpha value is -1.14. The van der Waals surface area contributed by atoms with Crippen LogP contribution in [0.1, 0.15) is 19.8 Å². The summed E-state index contributed by atoms with van der Waals surface area (Å²) in [4.78, 5) is 0. The van der Waals surface area contributed by atoms with Crippen LogP contribution in [0.15, 0.2) is 11.6 Å². The summed E-state index contributed by atoms with van der Waals surface area (Å²) in [5.41, 5.74) is 1.15. The molecule has 0 amide bonds. The third-order valence-corrected chi connectivity index (χ3v) is 1.07. The Balaban J connectivity index is 3.77. The second kappa shape index (κ2) is 5.01. The van der Waals surface area contributed by atoms with Gasteiger partial charge in [-0.15, -0.1) is 24.7 Å². The average molecular weight is 118 g/mol. The molecule has 0 nitrogen and oxygen atoms in total. The van der Waals surface area contributed by atoms with Crippen molar-refractivity contribution >= 4 is 0 Å². The molecule has 0 fully saturated rings. The summed E-state index contributed by atoms with van der Waals surface area (Å²) < 4.78 is 0. The van der Waals surface area contributed by atoms with Crippen molar-refractivity contribution in [2.45, 2.75) is 19.8 Å². The molecule has 0 aliphatic heterocycles. The summed E-state index contributed by atoms with van der Waals surface area (Å²) in [6.45, 7) is 1.95. The van der Waals surface area contributed by atoms with E-state index in [9.17, 15) is 0 Å². The minimum atomic E-state index is 0.681. The first-order valence-electron chi connectivity index (χ1n) is 2.86. The molecule has 0 aromatic rings. The van der Waals surface area contributed by atoms with Gasteiger partial charge in [0.15, 0.2) is 0 Å². The van der Waals surface area contributed by atoms with Crippen LogP contribution >= 0.6 is 0 Å². The first-order chi connectivity index (χ1) is 4.35. The lowest BCUT2D eigenvalue weighted by Crippen LogP contribution is -1.77. The first-order valence-corrected chi connectivity index (χ1v) is 2.86. The molecule has 0 heteroatoms. The van der Waals surface area contributed by atoms with Crippen LogP contribution in [0.2, 0.25) is 0 Å². The summed E-state index contributed by atoms with van der Waals surface area (Å²) in [6, 6.07) is 0. The average Bonchev–Trinajstić information content (AvgIpc) is 1.88. The lowest BCUT2D eigenvalue weighted by Gasteiger charge is -1.92. The van der Waals surface area contributed by atoms with Crippen LogP contribution in [0.25, 0.3) is 0 Å². The number of allylic oxidation sites excluding steroid dienone is 2. The second-order valence-electron chi connectivity index (χ2n) is 1.71. The van der Waals surface area contributed by atoms with Gasteiger partial charge < -0.3 is 0 Å². The fourth-order valence-electron chi connectivity index (χ4n) is 0.529. The zero-order chi connectivity index (χ0) is 7.11. The van der Waals surface area contributed by atoms with E-state index in [1.165, 1.54) is 0 Å². The van der Waals surface area contributed by atoms with Gasteiger partial charge in [-0.3, -0.25) is 0 Å². The molecule has 0 N–H and O–H groups in total. The van der Waals surface area contributed by atoms with E-state index in [2.05, 4.69) is 11.8 Å². The largest absolute Gasteiger partial charge is 0.120 e. The molecule has 0 aromatic heterocycles. The number of rotatable bonds is 2. The van der Waals surface area contributed by atoms with Crippen molar-refractivity contribution in [1.29, 1.82) is 0 Å². The van der Waals surface area contributed by atoms with Gasteiger partial charge in [0.2, 0.25) is 0 Å². The molecule has 0 saturated heterocycles. The van der Waals surface area contributed by atoms with Crippen LogP contribution in [0, 0.1) is 24.7 Å². The third kappa shape index (κ3) is 3.44. The molecule has 0 spiro atoms. The van der Waals surface area contributed by atoms with Crippen molar-refractivity contribution in [2.24, 2.45) is 0 Å². The topological polar surface area (TPSA) is 0 Å². The Labute approximate surface area is 57.0 Å². The van der Waals surface area contributed by atoms with Gasteiger partial charge in [-0.25, -0.2) is 0 Å². The molecule has 0 bridgehead atoms. The third-order valence-electron chi connectivity index (χ3n) is 1.07. The molecule has 0 unspecified atom stereocenters. The standard InChI is InChI=1S/C9H10/c1-4-7-9(6-3)8-5-2/h1-2,6H,7-8H2,3H3. The van der Waals surface area contributed by atoms with Crippen molar-refractivity contribution in [3.8, 4) is 24.7 Å². The molecule has 0 atom stereocenters. The van der Waals surface area contributed by atoms with Crippen LogP contribution in [-0.4, -0.2) is 0 Å². The quantitative estimate of drug-likeness (QED) is 0.384. The lowest BCUT2D eigenvalue weighted by atomic mass is 10.1. The monoisotopic (exact) mass is 118 g/mol. The smallest absolute Gasteiger partial charge is 0.0305 e. The van der Waals surface area contributed by atoms with Crippen LogP contribution in [0.5, 0.6) is 0 Å². The van der Waals surface area contributed by atoms with Gasteiger partial charge >= 0.3 is 0 Å². The Kier molecular flexibility index (Phi) is 4.37. The fraction of sp³-hybridized carbons (Fsp3) is 0.333. The molecular weight excluding hydrogens is 108 g/mol. The van der Waals surface area contributed by atoms with Gasteiger partial charge in [-0.1, -0.05) is 11.6 Å². The van der Waals surface area contributed by atoms with Crippen molar-refractivity contribution in [1.82, 2.24) is 0 Å². The van der Waals surface area contributed by atoms with Crippen molar-refractivity contribution in [3.63, 3.8) is 0 Å². The highest BCUT2D eigenvalue weighted by Gasteiger charge is 1.87. The molecule has 0 aliphatic rings. The molecule has 0 saturated carbocycles. The lowest BCUT2D eigenvalue weighted by molar-refractivity contribution is 1.15. The predicted octanol–water partition coefficient (Wildman–Crippen LogP) is 1.98. The van der Waals surface area contributed by atoms with E-state index in [0.717, 1.165) is 5.57 Å². The second-order valence-corrected chi connectivity index (χ2v) is 1.71. The zero-order valence-corrected chi connectivity index (χ0v) is 5.65. The maximum Gasteiger partial charge on any atom is 0.0305 e. The Morgan fingerprint density at radius 1 is 1.33 bits per heavy atom.